The maximum atomic E-state index is 12.3. The summed E-state index contributed by atoms with van der Waals surface area (Å²) in [4.78, 5) is 12.3. The molecule has 3 rings (SSSR count). The van der Waals surface area contributed by atoms with Gasteiger partial charge in [-0.25, -0.2) is 0 Å². The van der Waals surface area contributed by atoms with Gasteiger partial charge in [-0.1, -0.05) is 42.5 Å². The molecule has 2 aromatic rings. The molecule has 1 heterocycles. The Labute approximate surface area is 161 Å². The van der Waals surface area contributed by atoms with E-state index in [1.165, 1.54) is 0 Å². The van der Waals surface area contributed by atoms with Crippen molar-refractivity contribution in [1.82, 2.24) is 5.32 Å². The van der Waals surface area contributed by atoms with Crippen LogP contribution in [-0.2, 0) is 15.9 Å². The van der Waals surface area contributed by atoms with Crippen LogP contribution in [0, 0.1) is 0 Å². The van der Waals surface area contributed by atoms with E-state index in [0.717, 1.165) is 18.1 Å². The monoisotopic (exact) mass is 369 g/mol. The first-order chi connectivity index (χ1) is 12.8. The molecule has 1 aliphatic rings. The maximum Gasteiger partial charge on any atom is 0.494 e. The minimum atomic E-state index is -0.411. The summed E-state index contributed by atoms with van der Waals surface area (Å²) in [5.41, 5.74) is 1.87. The number of nitrogens with one attached hydrogen (secondary N) is 1. The SMILES string of the molecule is CC1(C)OB(c2ccc(C(=O)NCc3ccccc3)cc2)OC1(C)C.CO. The average Bonchev–Trinajstić information content (AvgIpc) is 2.90. The van der Waals surface area contributed by atoms with Gasteiger partial charge in [-0.05, 0) is 50.9 Å². The lowest BCUT2D eigenvalue weighted by atomic mass is 9.79. The molecule has 1 fully saturated rings. The normalized spacial score (nSPS) is 17.0. The Morgan fingerprint density at radius 1 is 0.926 bits per heavy atom. The smallest absolute Gasteiger partial charge is 0.400 e. The molecule has 1 saturated heterocycles. The molecule has 1 aliphatic heterocycles. The maximum absolute atomic E-state index is 12.3. The molecular formula is C21H28BNO4. The summed E-state index contributed by atoms with van der Waals surface area (Å²) in [5.74, 6) is -0.0932. The third-order valence-corrected chi connectivity index (χ3v) is 4.99. The van der Waals surface area contributed by atoms with E-state index in [-0.39, 0.29) is 17.1 Å². The van der Waals surface area contributed by atoms with E-state index in [1.807, 2.05) is 70.2 Å². The van der Waals surface area contributed by atoms with Crippen LogP contribution in [0.4, 0.5) is 0 Å². The minimum Gasteiger partial charge on any atom is -0.400 e. The van der Waals surface area contributed by atoms with Gasteiger partial charge in [0.1, 0.15) is 0 Å². The largest absolute Gasteiger partial charge is 0.494 e. The Bertz CT molecular complexity index is 729. The summed E-state index contributed by atoms with van der Waals surface area (Å²) in [7, 11) is 0.589. The van der Waals surface area contributed by atoms with E-state index in [1.54, 1.807) is 12.1 Å². The van der Waals surface area contributed by atoms with Crippen molar-refractivity contribution in [1.29, 1.82) is 0 Å². The molecule has 27 heavy (non-hydrogen) atoms. The van der Waals surface area contributed by atoms with Crippen LogP contribution in [0.1, 0.15) is 43.6 Å². The Balaban J connectivity index is 0.00000126. The van der Waals surface area contributed by atoms with Crippen molar-refractivity contribution in [3.05, 3.63) is 65.7 Å². The van der Waals surface area contributed by atoms with Crippen molar-refractivity contribution in [2.45, 2.75) is 45.4 Å². The first-order valence-corrected chi connectivity index (χ1v) is 9.01. The van der Waals surface area contributed by atoms with E-state index in [4.69, 9.17) is 14.4 Å². The topological polar surface area (TPSA) is 67.8 Å². The van der Waals surface area contributed by atoms with Gasteiger partial charge in [0.25, 0.3) is 5.91 Å². The molecule has 6 heteroatoms. The lowest BCUT2D eigenvalue weighted by Gasteiger charge is -2.32. The molecule has 144 valence electrons. The van der Waals surface area contributed by atoms with Crippen LogP contribution in [-0.4, -0.2) is 36.4 Å². The molecule has 0 atom stereocenters. The average molecular weight is 369 g/mol. The zero-order valence-corrected chi connectivity index (χ0v) is 16.7. The van der Waals surface area contributed by atoms with Crippen LogP contribution in [0.2, 0.25) is 0 Å². The summed E-state index contributed by atoms with van der Waals surface area (Å²) < 4.78 is 12.1. The highest BCUT2D eigenvalue weighted by molar-refractivity contribution is 6.62. The third-order valence-electron chi connectivity index (χ3n) is 4.99. The number of rotatable bonds is 4. The van der Waals surface area contributed by atoms with Crippen LogP contribution >= 0.6 is 0 Å². The Morgan fingerprint density at radius 2 is 1.44 bits per heavy atom. The molecule has 5 nitrogen and oxygen atoms in total. The number of hydrogen-bond acceptors (Lipinski definition) is 4. The van der Waals surface area contributed by atoms with Crippen molar-refractivity contribution < 1.29 is 19.2 Å². The zero-order valence-electron chi connectivity index (χ0n) is 16.7. The van der Waals surface area contributed by atoms with Crippen molar-refractivity contribution in [3.63, 3.8) is 0 Å². The molecule has 0 unspecified atom stereocenters. The zero-order chi connectivity index (χ0) is 20.1. The van der Waals surface area contributed by atoms with Crippen LogP contribution in [0.5, 0.6) is 0 Å². The van der Waals surface area contributed by atoms with Gasteiger partial charge in [-0.2, -0.15) is 0 Å². The highest BCUT2D eigenvalue weighted by Gasteiger charge is 2.51. The second kappa shape index (κ2) is 8.70. The molecule has 0 saturated carbocycles. The summed E-state index contributed by atoms with van der Waals surface area (Å²) in [6.07, 6.45) is 0. The molecule has 0 aliphatic carbocycles. The quantitative estimate of drug-likeness (QED) is 0.813. The minimum absolute atomic E-state index is 0.0932. The van der Waals surface area contributed by atoms with Crippen LogP contribution in [0.15, 0.2) is 54.6 Å². The highest BCUT2D eigenvalue weighted by Crippen LogP contribution is 2.36. The number of amides is 1. The Morgan fingerprint density at radius 3 is 1.96 bits per heavy atom. The molecule has 0 bridgehead atoms. The van der Waals surface area contributed by atoms with E-state index in [0.29, 0.717) is 12.1 Å². The summed E-state index contributed by atoms with van der Waals surface area (Å²) in [6.45, 7) is 8.62. The van der Waals surface area contributed by atoms with Gasteiger partial charge in [-0.3, -0.25) is 4.79 Å². The lowest BCUT2D eigenvalue weighted by molar-refractivity contribution is 0.00578. The Hall–Kier alpha value is -2.15. The Kier molecular flexibility index (Phi) is 6.81. The summed E-state index contributed by atoms with van der Waals surface area (Å²) >= 11 is 0. The number of hydrogen-bond donors (Lipinski definition) is 2. The molecule has 0 radical (unpaired) electrons. The second-order valence-corrected chi connectivity index (χ2v) is 7.38. The summed E-state index contributed by atoms with van der Waals surface area (Å²) in [5, 5.41) is 9.93. The molecule has 1 amide bonds. The van der Waals surface area contributed by atoms with Gasteiger partial charge in [0.05, 0.1) is 11.2 Å². The second-order valence-electron chi connectivity index (χ2n) is 7.38. The number of aliphatic hydroxyl groups excluding tert-OH is 1. The van der Waals surface area contributed by atoms with E-state index in [9.17, 15) is 4.79 Å². The fraction of sp³-hybridized carbons (Fsp3) is 0.381. The lowest BCUT2D eigenvalue weighted by Crippen LogP contribution is -2.41. The predicted molar refractivity (Wildman–Crippen MR) is 108 cm³/mol. The van der Waals surface area contributed by atoms with Crippen molar-refractivity contribution >= 4 is 18.5 Å². The van der Waals surface area contributed by atoms with Crippen molar-refractivity contribution in [2.24, 2.45) is 0 Å². The van der Waals surface area contributed by atoms with Crippen LogP contribution < -0.4 is 10.8 Å². The van der Waals surface area contributed by atoms with Gasteiger partial charge in [0.15, 0.2) is 0 Å². The van der Waals surface area contributed by atoms with E-state index >= 15 is 0 Å². The molecule has 2 N–H and O–H groups in total. The molecule has 0 spiro atoms. The predicted octanol–water partition coefficient (Wildman–Crippen LogP) is 2.52. The standard InChI is InChI=1S/C20H24BNO3.CH4O/c1-19(2)20(3,4)25-21(24-19)17-12-10-16(11-13-17)18(23)22-14-15-8-6-5-7-9-15;1-2/h5-13H,14H2,1-4H3,(H,22,23);2H,1H3. The van der Waals surface area contributed by atoms with Crippen molar-refractivity contribution in [2.75, 3.05) is 7.11 Å². The fourth-order valence-corrected chi connectivity index (χ4v) is 2.65. The third kappa shape index (κ3) is 4.98. The number of benzene rings is 2. The van der Waals surface area contributed by atoms with Crippen LogP contribution in [0.25, 0.3) is 0 Å². The van der Waals surface area contributed by atoms with E-state index in [2.05, 4.69) is 5.32 Å². The first-order valence-electron chi connectivity index (χ1n) is 9.01. The van der Waals surface area contributed by atoms with Crippen molar-refractivity contribution in [3.8, 4) is 0 Å². The van der Waals surface area contributed by atoms with Gasteiger partial charge >= 0.3 is 7.12 Å². The molecule has 2 aromatic carbocycles. The number of carbonyl (C=O) groups excluding carboxylic acids is 1. The number of carbonyl (C=O) groups is 1. The molecule has 0 aromatic heterocycles. The van der Waals surface area contributed by atoms with Gasteiger partial charge in [-0.15, -0.1) is 0 Å². The fourth-order valence-electron chi connectivity index (χ4n) is 2.65. The highest BCUT2D eigenvalue weighted by atomic mass is 16.7. The summed E-state index contributed by atoms with van der Waals surface area (Å²) in [6, 6.07) is 17.2. The van der Waals surface area contributed by atoms with E-state index < -0.39 is 7.12 Å². The number of aliphatic hydroxyl groups is 1. The molecular weight excluding hydrogens is 341 g/mol. The van der Waals surface area contributed by atoms with Gasteiger partial charge in [0, 0.05) is 19.2 Å². The van der Waals surface area contributed by atoms with Crippen LogP contribution in [0.3, 0.4) is 0 Å². The van der Waals surface area contributed by atoms with Gasteiger partial charge < -0.3 is 19.7 Å². The first kappa shape index (κ1) is 21.2. The van der Waals surface area contributed by atoms with Gasteiger partial charge in [0.2, 0.25) is 0 Å².